The molecule has 0 amide bonds. The molecule has 0 aliphatic carbocycles. The molecule has 0 bridgehead atoms. The van der Waals surface area contributed by atoms with Crippen LogP contribution in [0.3, 0.4) is 0 Å². The first-order valence-corrected chi connectivity index (χ1v) is 4.48. The highest BCUT2D eigenvalue weighted by Crippen LogP contribution is 2.07. The van der Waals surface area contributed by atoms with Crippen LogP contribution in [0.2, 0.25) is 0 Å². The average Bonchev–Trinajstić information content (AvgIpc) is 1.90. The van der Waals surface area contributed by atoms with Gasteiger partial charge >= 0.3 is 11.4 Å². The molecule has 0 spiro atoms. The molecule has 0 saturated carbocycles. The van der Waals surface area contributed by atoms with E-state index in [-0.39, 0.29) is 0 Å². The van der Waals surface area contributed by atoms with E-state index in [1.54, 1.807) is 0 Å². The number of hydrogen-bond acceptors (Lipinski definition) is 2. The van der Waals surface area contributed by atoms with Crippen molar-refractivity contribution in [2.45, 2.75) is 26.7 Å². The Morgan fingerprint density at radius 1 is 1.50 bits per heavy atom. The Morgan fingerprint density at radius 3 is 2.30 bits per heavy atom. The molecule has 10 heavy (non-hydrogen) atoms. The van der Waals surface area contributed by atoms with E-state index in [0.29, 0.717) is 12.5 Å². The summed E-state index contributed by atoms with van der Waals surface area (Å²) in [4.78, 5) is 0. The van der Waals surface area contributed by atoms with E-state index in [9.17, 15) is 4.21 Å². The molecule has 0 aromatic rings. The predicted octanol–water partition coefficient (Wildman–Crippen LogP) is 1.58. The topological polar surface area (TPSA) is 46.5 Å². The second-order valence-electron chi connectivity index (χ2n) is 2.18. The fourth-order valence-electron chi connectivity index (χ4n) is 0.679. The van der Waals surface area contributed by atoms with Crippen molar-refractivity contribution in [2.75, 3.05) is 6.61 Å². The first kappa shape index (κ1) is 10.1. The van der Waals surface area contributed by atoms with E-state index >= 15 is 0 Å². The van der Waals surface area contributed by atoms with Crippen molar-refractivity contribution in [3.63, 3.8) is 0 Å². The van der Waals surface area contributed by atoms with Gasteiger partial charge < -0.3 is 0 Å². The van der Waals surface area contributed by atoms with Crippen LogP contribution in [0.25, 0.3) is 0 Å². The summed E-state index contributed by atoms with van der Waals surface area (Å²) in [7, 11) is 0. The summed E-state index contributed by atoms with van der Waals surface area (Å²) >= 11 is -2.09. The Labute approximate surface area is 64.3 Å². The molecule has 3 nitrogen and oxygen atoms in total. The highest BCUT2D eigenvalue weighted by molar-refractivity contribution is 7.74. The smallest absolute Gasteiger partial charge is 0.284 e. The van der Waals surface area contributed by atoms with Gasteiger partial charge in [0.15, 0.2) is 0 Å². The summed E-state index contributed by atoms with van der Waals surface area (Å²) in [5.74, 6) is 0.413. The van der Waals surface area contributed by atoms with Gasteiger partial charge in [0, 0.05) is 0 Å². The molecule has 1 atom stereocenters. The zero-order valence-electron chi connectivity index (χ0n) is 6.37. The lowest BCUT2D eigenvalue weighted by atomic mass is 10.1. The van der Waals surface area contributed by atoms with Gasteiger partial charge in [-0.3, -0.25) is 8.74 Å². The second kappa shape index (κ2) is 5.82. The number of rotatable bonds is 5. The quantitative estimate of drug-likeness (QED) is 0.631. The third-order valence-electron chi connectivity index (χ3n) is 1.56. The fraction of sp³-hybridized carbons (Fsp3) is 1.00. The van der Waals surface area contributed by atoms with E-state index in [2.05, 4.69) is 4.18 Å². The molecule has 0 aromatic heterocycles. The first-order valence-electron chi connectivity index (χ1n) is 3.44. The Balaban J connectivity index is 3.34. The molecule has 0 aromatic carbocycles. The SMILES string of the molecule is CCC(CC)COS(=O)O. The molecule has 0 aliphatic rings. The van der Waals surface area contributed by atoms with Crippen LogP contribution in [0, 0.1) is 5.92 Å². The lowest BCUT2D eigenvalue weighted by Gasteiger charge is -2.08. The van der Waals surface area contributed by atoms with Gasteiger partial charge in [-0.1, -0.05) is 26.7 Å². The van der Waals surface area contributed by atoms with Gasteiger partial charge in [-0.15, -0.1) is 0 Å². The van der Waals surface area contributed by atoms with Crippen LogP contribution < -0.4 is 0 Å². The van der Waals surface area contributed by atoms with Crippen molar-refractivity contribution < 1.29 is 12.9 Å². The maximum absolute atomic E-state index is 10.0. The van der Waals surface area contributed by atoms with Crippen molar-refractivity contribution in [2.24, 2.45) is 5.92 Å². The van der Waals surface area contributed by atoms with Crippen molar-refractivity contribution in [1.82, 2.24) is 0 Å². The average molecular weight is 166 g/mol. The van der Waals surface area contributed by atoms with Gasteiger partial charge in [0.1, 0.15) is 0 Å². The van der Waals surface area contributed by atoms with Crippen molar-refractivity contribution in [3.8, 4) is 0 Å². The molecular formula is C6H14O3S. The molecule has 0 heterocycles. The lowest BCUT2D eigenvalue weighted by Crippen LogP contribution is -2.08. The molecule has 4 heteroatoms. The number of hydrogen-bond donors (Lipinski definition) is 1. The van der Waals surface area contributed by atoms with Crippen molar-refractivity contribution in [1.29, 1.82) is 0 Å². The van der Waals surface area contributed by atoms with Crippen LogP contribution in [-0.4, -0.2) is 15.4 Å². The van der Waals surface area contributed by atoms with E-state index in [0.717, 1.165) is 12.8 Å². The molecule has 62 valence electrons. The van der Waals surface area contributed by atoms with E-state index < -0.39 is 11.4 Å². The molecular weight excluding hydrogens is 152 g/mol. The zero-order chi connectivity index (χ0) is 7.98. The Hall–Kier alpha value is 0.0700. The molecule has 1 N–H and O–H groups in total. The third kappa shape index (κ3) is 4.90. The standard InChI is InChI=1S/C6H14O3S/c1-3-6(4-2)5-9-10(7)8/h6H,3-5H2,1-2H3,(H,7,8). The monoisotopic (exact) mass is 166 g/mol. The minimum Gasteiger partial charge on any atom is -0.284 e. The summed E-state index contributed by atoms with van der Waals surface area (Å²) in [5.41, 5.74) is 0. The summed E-state index contributed by atoms with van der Waals surface area (Å²) in [5, 5.41) is 0. The highest BCUT2D eigenvalue weighted by atomic mass is 32.2. The van der Waals surface area contributed by atoms with Crippen LogP contribution in [0.1, 0.15) is 26.7 Å². The summed E-state index contributed by atoms with van der Waals surface area (Å²) in [6, 6.07) is 0. The van der Waals surface area contributed by atoms with Gasteiger partial charge in [-0.25, -0.2) is 0 Å². The summed E-state index contributed by atoms with van der Waals surface area (Å²) in [6.07, 6.45) is 1.99. The fourth-order valence-corrected chi connectivity index (χ4v) is 0.988. The van der Waals surface area contributed by atoms with Crippen LogP contribution in [0.5, 0.6) is 0 Å². The van der Waals surface area contributed by atoms with E-state index in [1.165, 1.54) is 0 Å². The zero-order valence-corrected chi connectivity index (χ0v) is 7.19. The second-order valence-corrected chi connectivity index (χ2v) is 2.85. The predicted molar refractivity (Wildman–Crippen MR) is 40.8 cm³/mol. The van der Waals surface area contributed by atoms with E-state index in [4.69, 9.17) is 4.55 Å². The first-order chi connectivity index (χ1) is 4.70. The van der Waals surface area contributed by atoms with Crippen molar-refractivity contribution in [3.05, 3.63) is 0 Å². The lowest BCUT2D eigenvalue weighted by molar-refractivity contribution is 0.240. The van der Waals surface area contributed by atoms with Crippen LogP contribution in [0.4, 0.5) is 0 Å². The maximum atomic E-state index is 10.0. The third-order valence-corrected chi connectivity index (χ3v) is 1.90. The molecule has 1 unspecified atom stereocenters. The van der Waals surface area contributed by atoms with E-state index in [1.807, 2.05) is 13.8 Å². The van der Waals surface area contributed by atoms with Gasteiger partial charge in [0.05, 0.1) is 6.61 Å². The highest BCUT2D eigenvalue weighted by Gasteiger charge is 2.04. The van der Waals surface area contributed by atoms with Crippen LogP contribution >= 0.6 is 0 Å². The minimum atomic E-state index is -2.09. The molecule has 0 fully saturated rings. The van der Waals surface area contributed by atoms with Gasteiger partial charge in [0.25, 0.3) is 0 Å². The summed E-state index contributed by atoms with van der Waals surface area (Å²) < 4.78 is 22.8. The van der Waals surface area contributed by atoms with Crippen LogP contribution in [0.15, 0.2) is 0 Å². The normalized spacial score (nSPS) is 14.0. The van der Waals surface area contributed by atoms with Gasteiger partial charge in [-0.2, -0.15) is 4.21 Å². The summed E-state index contributed by atoms with van der Waals surface area (Å²) in [6.45, 7) is 4.46. The molecule has 0 saturated heterocycles. The Morgan fingerprint density at radius 2 is 2.00 bits per heavy atom. The maximum Gasteiger partial charge on any atom is 0.301 e. The van der Waals surface area contributed by atoms with Crippen LogP contribution in [-0.2, 0) is 15.5 Å². The molecule has 0 rings (SSSR count). The van der Waals surface area contributed by atoms with Gasteiger partial charge in [-0.05, 0) is 5.92 Å². The minimum absolute atomic E-state index is 0.385. The largest absolute Gasteiger partial charge is 0.301 e. The Bertz CT molecular complexity index is 101. The van der Waals surface area contributed by atoms with Gasteiger partial charge in [0.2, 0.25) is 0 Å². The molecule has 0 radical (unpaired) electrons. The van der Waals surface area contributed by atoms with Crippen molar-refractivity contribution >= 4 is 11.4 Å². The Kier molecular flexibility index (Phi) is 5.87. The molecule has 0 aliphatic heterocycles.